The number of hydrogen-bond donors (Lipinski definition) is 1. The third-order valence-corrected chi connectivity index (χ3v) is 3.81. The van der Waals surface area contributed by atoms with Crippen LogP contribution in [0.1, 0.15) is 31.7 Å². The molecule has 1 unspecified atom stereocenters. The SMILES string of the molecule is CCC(C)(OC)c1nc2c(CN)cccc2n1C. The van der Waals surface area contributed by atoms with E-state index in [4.69, 9.17) is 15.5 Å². The van der Waals surface area contributed by atoms with Crippen molar-refractivity contribution in [2.24, 2.45) is 12.8 Å². The van der Waals surface area contributed by atoms with Gasteiger partial charge in [0.15, 0.2) is 0 Å². The summed E-state index contributed by atoms with van der Waals surface area (Å²) >= 11 is 0. The van der Waals surface area contributed by atoms with Crippen LogP contribution in [0.5, 0.6) is 0 Å². The number of methoxy groups -OCH3 is 1. The van der Waals surface area contributed by atoms with Gasteiger partial charge in [0.2, 0.25) is 0 Å². The molecule has 1 aromatic heterocycles. The summed E-state index contributed by atoms with van der Waals surface area (Å²) < 4.78 is 7.74. The fourth-order valence-corrected chi connectivity index (χ4v) is 2.30. The number of fused-ring (bicyclic) bond motifs is 1. The summed E-state index contributed by atoms with van der Waals surface area (Å²) in [5.41, 5.74) is 8.56. The smallest absolute Gasteiger partial charge is 0.141 e. The number of nitrogens with zero attached hydrogens (tertiary/aromatic N) is 2. The molecule has 4 heteroatoms. The molecule has 0 saturated carbocycles. The van der Waals surface area contributed by atoms with Crippen LogP contribution in [0.25, 0.3) is 11.0 Å². The molecule has 18 heavy (non-hydrogen) atoms. The lowest BCUT2D eigenvalue weighted by Gasteiger charge is -2.25. The van der Waals surface area contributed by atoms with E-state index >= 15 is 0 Å². The van der Waals surface area contributed by atoms with Crippen LogP contribution in [0.4, 0.5) is 0 Å². The summed E-state index contributed by atoms with van der Waals surface area (Å²) in [5.74, 6) is 0.948. The monoisotopic (exact) mass is 247 g/mol. The van der Waals surface area contributed by atoms with Gasteiger partial charge in [-0.05, 0) is 25.0 Å². The van der Waals surface area contributed by atoms with Gasteiger partial charge in [-0.1, -0.05) is 19.1 Å². The Labute approximate surface area is 108 Å². The van der Waals surface area contributed by atoms with Crippen molar-refractivity contribution in [3.8, 4) is 0 Å². The van der Waals surface area contributed by atoms with Crippen molar-refractivity contribution in [1.82, 2.24) is 9.55 Å². The molecule has 2 rings (SSSR count). The Morgan fingerprint density at radius 2 is 2.17 bits per heavy atom. The van der Waals surface area contributed by atoms with Crippen molar-refractivity contribution in [2.45, 2.75) is 32.4 Å². The predicted octanol–water partition coefficient (Wildman–Crippen LogP) is 2.30. The number of hydrogen-bond acceptors (Lipinski definition) is 3. The lowest BCUT2D eigenvalue weighted by atomic mass is 10.0. The van der Waals surface area contributed by atoms with Gasteiger partial charge >= 0.3 is 0 Å². The largest absolute Gasteiger partial charge is 0.371 e. The number of benzene rings is 1. The second-order valence-corrected chi connectivity index (χ2v) is 4.77. The molecule has 0 amide bonds. The van der Waals surface area contributed by atoms with Gasteiger partial charge in [-0.25, -0.2) is 4.98 Å². The highest BCUT2D eigenvalue weighted by Gasteiger charge is 2.30. The van der Waals surface area contributed by atoms with E-state index in [1.165, 1.54) is 0 Å². The molecule has 0 fully saturated rings. The van der Waals surface area contributed by atoms with Crippen LogP contribution in [0.2, 0.25) is 0 Å². The molecule has 0 aliphatic carbocycles. The van der Waals surface area contributed by atoms with Gasteiger partial charge in [0, 0.05) is 20.7 Å². The molecule has 0 spiro atoms. The zero-order valence-corrected chi connectivity index (χ0v) is 11.5. The first kappa shape index (κ1) is 13.1. The van der Waals surface area contributed by atoms with Crippen LogP contribution < -0.4 is 5.73 Å². The first-order chi connectivity index (χ1) is 8.57. The molecular weight excluding hydrogens is 226 g/mol. The molecule has 1 atom stereocenters. The summed E-state index contributed by atoms with van der Waals surface area (Å²) in [5, 5.41) is 0. The minimum absolute atomic E-state index is 0.361. The van der Waals surface area contributed by atoms with Gasteiger partial charge in [0.1, 0.15) is 11.4 Å². The number of nitrogens with two attached hydrogens (primary N) is 1. The van der Waals surface area contributed by atoms with Crippen LogP contribution in [0.3, 0.4) is 0 Å². The number of aromatic nitrogens is 2. The van der Waals surface area contributed by atoms with Crippen molar-refractivity contribution in [1.29, 1.82) is 0 Å². The second kappa shape index (κ2) is 4.71. The highest BCUT2D eigenvalue weighted by Crippen LogP contribution is 2.30. The van der Waals surface area contributed by atoms with Crippen LogP contribution in [-0.4, -0.2) is 16.7 Å². The zero-order valence-electron chi connectivity index (χ0n) is 11.5. The Kier molecular flexibility index (Phi) is 3.41. The summed E-state index contributed by atoms with van der Waals surface area (Å²) in [6.45, 7) is 4.67. The molecule has 2 N–H and O–H groups in total. The Morgan fingerprint density at radius 3 is 2.72 bits per heavy atom. The third-order valence-electron chi connectivity index (χ3n) is 3.81. The lowest BCUT2D eigenvalue weighted by molar-refractivity contribution is -0.0107. The maximum atomic E-state index is 5.77. The van der Waals surface area contributed by atoms with E-state index in [-0.39, 0.29) is 5.60 Å². The zero-order chi connectivity index (χ0) is 13.3. The Balaban J connectivity index is 2.71. The summed E-state index contributed by atoms with van der Waals surface area (Å²) in [7, 11) is 3.75. The number of aryl methyl sites for hydroxylation is 1. The lowest BCUT2D eigenvalue weighted by Crippen LogP contribution is -2.27. The molecule has 98 valence electrons. The van der Waals surface area contributed by atoms with Gasteiger partial charge in [-0.15, -0.1) is 0 Å². The maximum absolute atomic E-state index is 5.77. The quantitative estimate of drug-likeness (QED) is 0.902. The van der Waals surface area contributed by atoms with Gasteiger partial charge in [-0.2, -0.15) is 0 Å². The van der Waals surface area contributed by atoms with Gasteiger partial charge in [0.25, 0.3) is 0 Å². The van der Waals surface area contributed by atoms with Crippen LogP contribution >= 0.6 is 0 Å². The molecule has 0 saturated heterocycles. The van der Waals surface area contributed by atoms with Crippen molar-refractivity contribution >= 4 is 11.0 Å². The summed E-state index contributed by atoms with van der Waals surface area (Å²) in [6, 6.07) is 6.11. The first-order valence-electron chi connectivity index (χ1n) is 6.27. The van der Waals surface area contributed by atoms with E-state index in [9.17, 15) is 0 Å². The number of rotatable bonds is 4. The molecule has 0 radical (unpaired) electrons. The van der Waals surface area contributed by atoms with Gasteiger partial charge < -0.3 is 15.0 Å². The van der Waals surface area contributed by atoms with Crippen molar-refractivity contribution in [3.63, 3.8) is 0 Å². The molecule has 1 aromatic carbocycles. The van der Waals surface area contributed by atoms with Crippen molar-refractivity contribution < 1.29 is 4.74 Å². The molecule has 1 heterocycles. The molecule has 2 aromatic rings. The van der Waals surface area contributed by atoms with Gasteiger partial charge in [0.05, 0.1) is 11.0 Å². The normalized spacial score (nSPS) is 14.9. The maximum Gasteiger partial charge on any atom is 0.141 e. The standard InChI is InChI=1S/C14H21N3O/c1-5-14(2,18-4)13-16-12-10(9-15)7-6-8-11(12)17(13)3/h6-8H,5,9,15H2,1-4H3. The van der Waals surface area contributed by atoms with Crippen LogP contribution in [0.15, 0.2) is 18.2 Å². The van der Waals surface area contributed by atoms with E-state index in [0.29, 0.717) is 6.54 Å². The first-order valence-corrected chi connectivity index (χ1v) is 6.27. The fourth-order valence-electron chi connectivity index (χ4n) is 2.30. The fraction of sp³-hybridized carbons (Fsp3) is 0.500. The van der Waals surface area contributed by atoms with Crippen LogP contribution in [0, 0.1) is 0 Å². The Hall–Kier alpha value is -1.39. The second-order valence-electron chi connectivity index (χ2n) is 4.77. The Morgan fingerprint density at radius 1 is 1.44 bits per heavy atom. The molecule has 0 bridgehead atoms. The topological polar surface area (TPSA) is 53.1 Å². The third kappa shape index (κ3) is 1.82. The molecule has 0 aliphatic heterocycles. The minimum Gasteiger partial charge on any atom is -0.371 e. The van der Waals surface area contributed by atoms with E-state index in [2.05, 4.69) is 24.5 Å². The predicted molar refractivity (Wildman–Crippen MR) is 73.3 cm³/mol. The van der Waals surface area contributed by atoms with E-state index < -0.39 is 0 Å². The van der Waals surface area contributed by atoms with E-state index in [0.717, 1.165) is 28.8 Å². The summed E-state index contributed by atoms with van der Waals surface area (Å²) in [4.78, 5) is 4.75. The van der Waals surface area contributed by atoms with E-state index in [1.807, 2.05) is 19.2 Å². The number of ether oxygens (including phenoxy) is 1. The number of imidazole rings is 1. The minimum atomic E-state index is -0.361. The van der Waals surface area contributed by atoms with Crippen molar-refractivity contribution in [2.75, 3.05) is 7.11 Å². The average Bonchev–Trinajstić information content (AvgIpc) is 2.76. The van der Waals surface area contributed by atoms with Crippen LogP contribution in [-0.2, 0) is 23.9 Å². The molecular formula is C14H21N3O. The van der Waals surface area contributed by atoms with Gasteiger partial charge in [-0.3, -0.25) is 0 Å². The highest BCUT2D eigenvalue weighted by molar-refractivity contribution is 5.79. The van der Waals surface area contributed by atoms with Crippen molar-refractivity contribution in [3.05, 3.63) is 29.6 Å². The summed E-state index contributed by atoms with van der Waals surface area (Å²) in [6.07, 6.45) is 0.874. The highest BCUT2D eigenvalue weighted by atomic mass is 16.5. The molecule has 4 nitrogen and oxygen atoms in total. The molecule has 0 aliphatic rings. The Bertz CT molecular complexity index is 555. The van der Waals surface area contributed by atoms with E-state index in [1.54, 1.807) is 7.11 Å². The number of para-hydroxylation sites is 1. The average molecular weight is 247 g/mol.